The number of ether oxygens (including phenoxy) is 1. The SMILES string of the molecule is CCOC(=O)/C=C(\C)N[C@@H](Cc1ccccc1)C(=O)[O-].[K+]. The molecule has 0 aliphatic heterocycles. The van der Waals surface area contributed by atoms with Crippen molar-refractivity contribution in [2.75, 3.05) is 6.61 Å². The molecular formula is C15H18KNO4. The third-order valence-electron chi connectivity index (χ3n) is 2.59. The van der Waals surface area contributed by atoms with Crippen molar-refractivity contribution in [3.05, 3.63) is 47.7 Å². The van der Waals surface area contributed by atoms with E-state index in [1.54, 1.807) is 13.8 Å². The zero-order valence-electron chi connectivity index (χ0n) is 12.6. The molecule has 1 aromatic carbocycles. The van der Waals surface area contributed by atoms with Crippen LogP contribution in [-0.4, -0.2) is 24.6 Å². The van der Waals surface area contributed by atoms with Gasteiger partial charge in [0.2, 0.25) is 0 Å². The molecule has 6 heteroatoms. The van der Waals surface area contributed by atoms with Crippen molar-refractivity contribution in [2.24, 2.45) is 0 Å². The Morgan fingerprint density at radius 3 is 2.48 bits per heavy atom. The Morgan fingerprint density at radius 2 is 1.95 bits per heavy atom. The van der Waals surface area contributed by atoms with Crippen LogP contribution in [0.1, 0.15) is 19.4 Å². The standard InChI is InChI=1S/C15H19NO4.K/c1-3-20-14(17)9-11(2)16-13(15(18)19)10-12-7-5-4-6-8-12;/h4-9,13,16H,3,10H2,1-2H3,(H,18,19);/q;+1/p-1/b11-9+;/t13-;/m0./s1. The van der Waals surface area contributed by atoms with E-state index in [-0.39, 0.29) is 64.4 Å². The van der Waals surface area contributed by atoms with Crippen LogP contribution in [0.5, 0.6) is 0 Å². The monoisotopic (exact) mass is 315 g/mol. The molecular weight excluding hydrogens is 297 g/mol. The molecule has 0 radical (unpaired) electrons. The molecule has 0 aromatic heterocycles. The molecule has 1 N–H and O–H groups in total. The van der Waals surface area contributed by atoms with E-state index in [1.807, 2.05) is 30.3 Å². The summed E-state index contributed by atoms with van der Waals surface area (Å²) in [7, 11) is 0. The number of hydrogen-bond acceptors (Lipinski definition) is 5. The topological polar surface area (TPSA) is 78.5 Å². The van der Waals surface area contributed by atoms with Gasteiger partial charge in [-0.05, 0) is 25.8 Å². The van der Waals surface area contributed by atoms with Crippen molar-refractivity contribution in [1.82, 2.24) is 5.32 Å². The number of carboxylic acid groups (broad SMARTS) is 1. The fraction of sp³-hybridized carbons (Fsp3) is 0.333. The average molecular weight is 315 g/mol. The summed E-state index contributed by atoms with van der Waals surface area (Å²) in [6, 6.07) is 8.30. The van der Waals surface area contributed by atoms with E-state index in [0.29, 0.717) is 5.70 Å². The molecule has 5 nitrogen and oxygen atoms in total. The summed E-state index contributed by atoms with van der Waals surface area (Å²) in [6.07, 6.45) is 1.50. The van der Waals surface area contributed by atoms with Crippen molar-refractivity contribution in [3.8, 4) is 0 Å². The molecule has 21 heavy (non-hydrogen) atoms. The molecule has 0 fully saturated rings. The van der Waals surface area contributed by atoms with Gasteiger partial charge in [0.1, 0.15) is 0 Å². The molecule has 0 saturated carbocycles. The fourth-order valence-electron chi connectivity index (χ4n) is 1.72. The Morgan fingerprint density at radius 1 is 1.33 bits per heavy atom. The largest absolute Gasteiger partial charge is 1.00 e. The van der Waals surface area contributed by atoms with Crippen LogP contribution in [0, 0.1) is 0 Å². The fourth-order valence-corrected chi connectivity index (χ4v) is 1.72. The van der Waals surface area contributed by atoms with Crippen molar-refractivity contribution >= 4 is 11.9 Å². The van der Waals surface area contributed by atoms with Crippen LogP contribution in [-0.2, 0) is 20.7 Å². The number of esters is 1. The number of rotatable bonds is 7. The third kappa shape index (κ3) is 8.38. The van der Waals surface area contributed by atoms with Gasteiger partial charge in [0, 0.05) is 11.8 Å². The Balaban J connectivity index is 0.00000400. The molecule has 0 saturated heterocycles. The summed E-state index contributed by atoms with van der Waals surface area (Å²) in [6.45, 7) is 3.59. The minimum atomic E-state index is -1.22. The van der Waals surface area contributed by atoms with E-state index < -0.39 is 18.0 Å². The molecule has 0 bridgehead atoms. The van der Waals surface area contributed by atoms with Crippen LogP contribution >= 0.6 is 0 Å². The maximum absolute atomic E-state index is 11.3. The number of carbonyl (C=O) groups excluding carboxylic acids is 2. The zero-order valence-corrected chi connectivity index (χ0v) is 15.7. The Kier molecular flexibility index (Phi) is 10.6. The van der Waals surface area contributed by atoms with Gasteiger partial charge in [0.25, 0.3) is 0 Å². The van der Waals surface area contributed by atoms with Gasteiger partial charge in [-0.25, -0.2) is 4.79 Å². The first kappa shape index (κ1) is 20.3. The van der Waals surface area contributed by atoms with Crippen LogP contribution in [0.4, 0.5) is 0 Å². The van der Waals surface area contributed by atoms with Crippen LogP contribution < -0.4 is 61.8 Å². The van der Waals surface area contributed by atoms with Crippen LogP contribution in [0.2, 0.25) is 0 Å². The minimum absolute atomic E-state index is 0. The second kappa shape index (κ2) is 11.0. The molecule has 108 valence electrons. The van der Waals surface area contributed by atoms with Gasteiger partial charge in [0.05, 0.1) is 18.6 Å². The second-order valence-corrected chi connectivity index (χ2v) is 4.29. The molecule has 1 aromatic rings. The number of carboxylic acids is 1. The number of hydrogen-bond donors (Lipinski definition) is 1. The Labute approximate surface area is 167 Å². The van der Waals surface area contributed by atoms with Gasteiger partial charge >= 0.3 is 57.4 Å². The first-order valence-electron chi connectivity index (χ1n) is 6.39. The van der Waals surface area contributed by atoms with Gasteiger partial charge in [-0.1, -0.05) is 30.3 Å². The molecule has 1 atom stereocenters. The van der Waals surface area contributed by atoms with Crippen molar-refractivity contribution < 1.29 is 70.8 Å². The summed E-state index contributed by atoms with van der Waals surface area (Å²) < 4.78 is 4.75. The molecule has 1 rings (SSSR count). The second-order valence-electron chi connectivity index (χ2n) is 4.29. The van der Waals surface area contributed by atoms with Crippen LogP contribution in [0.25, 0.3) is 0 Å². The van der Waals surface area contributed by atoms with Gasteiger partial charge < -0.3 is 20.0 Å². The summed E-state index contributed by atoms with van der Waals surface area (Å²) in [5, 5.41) is 13.9. The van der Waals surface area contributed by atoms with Gasteiger partial charge in [-0.15, -0.1) is 0 Å². The predicted molar refractivity (Wildman–Crippen MR) is 72.5 cm³/mol. The average Bonchev–Trinajstić information content (AvgIpc) is 2.39. The molecule has 0 aliphatic carbocycles. The van der Waals surface area contributed by atoms with Gasteiger partial charge in [-0.3, -0.25) is 0 Å². The molecule has 0 aliphatic rings. The summed E-state index contributed by atoms with van der Waals surface area (Å²) in [5.41, 5.74) is 1.30. The molecule has 0 unspecified atom stereocenters. The predicted octanol–water partition coefficient (Wildman–Crippen LogP) is -2.59. The summed E-state index contributed by atoms with van der Waals surface area (Å²) in [5.74, 6) is -1.72. The van der Waals surface area contributed by atoms with Crippen molar-refractivity contribution in [1.29, 1.82) is 0 Å². The van der Waals surface area contributed by atoms with E-state index in [9.17, 15) is 14.7 Å². The van der Waals surface area contributed by atoms with E-state index >= 15 is 0 Å². The van der Waals surface area contributed by atoms with Crippen molar-refractivity contribution in [2.45, 2.75) is 26.3 Å². The number of aliphatic carboxylic acids is 1. The number of nitrogens with one attached hydrogen (secondary N) is 1. The number of allylic oxidation sites excluding steroid dienone is 1. The van der Waals surface area contributed by atoms with Crippen LogP contribution in [0.15, 0.2) is 42.1 Å². The smallest absolute Gasteiger partial charge is 0.548 e. The third-order valence-corrected chi connectivity index (χ3v) is 2.59. The Hall–Kier alpha value is -0.664. The maximum Gasteiger partial charge on any atom is 1.00 e. The van der Waals surface area contributed by atoms with E-state index in [2.05, 4.69) is 5.32 Å². The summed E-state index contributed by atoms with van der Waals surface area (Å²) in [4.78, 5) is 22.4. The number of carbonyl (C=O) groups is 2. The molecule has 0 spiro atoms. The normalized spacial score (nSPS) is 12.0. The minimum Gasteiger partial charge on any atom is -0.548 e. The first-order valence-corrected chi connectivity index (χ1v) is 6.39. The first-order chi connectivity index (χ1) is 9.52. The van der Waals surface area contributed by atoms with E-state index in [1.165, 1.54) is 6.08 Å². The maximum atomic E-state index is 11.3. The van der Waals surface area contributed by atoms with Gasteiger partial charge in [-0.2, -0.15) is 0 Å². The zero-order chi connectivity index (χ0) is 15.0. The molecule has 0 heterocycles. The van der Waals surface area contributed by atoms with Crippen LogP contribution in [0.3, 0.4) is 0 Å². The Bertz CT molecular complexity index is 488. The number of benzene rings is 1. The van der Waals surface area contributed by atoms with Crippen molar-refractivity contribution in [3.63, 3.8) is 0 Å². The van der Waals surface area contributed by atoms with Gasteiger partial charge in [0.15, 0.2) is 0 Å². The summed E-state index contributed by atoms with van der Waals surface area (Å²) >= 11 is 0. The molecule has 0 amide bonds. The quantitative estimate of drug-likeness (QED) is 0.339. The van der Waals surface area contributed by atoms with E-state index in [0.717, 1.165) is 5.56 Å². The van der Waals surface area contributed by atoms with E-state index in [4.69, 9.17) is 4.74 Å².